The van der Waals surface area contributed by atoms with E-state index in [0.29, 0.717) is 19.3 Å². The molecule has 96 valence electrons. The highest BCUT2D eigenvalue weighted by Crippen LogP contribution is 1.94. The van der Waals surface area contributed by atoms with Crippen LogP contribution < -0.4 is 5.32 Å². The van der Waals surface area contributed by atoms with Crippen molar-refractivity contribution in [2.45, 2.75) is 46.3 Å². The minimum absolute atomic E-state index is 0.0713. The molecular formula is C12H25NO3. The summed E-state index contributed by atoms with van der Waals surface area (Å²) in [7, 11) is 0. The van der Waals surface area contributed by atoms with Gasteiger partial charge in [0.2, 0.25) is 0 Å². The predicted octanol–water partition coefficient (Wildman–Crippen LogP) is 1.39. The molecule has 0 aliphatic heterocycles. The summed E-state index contributed by atoms with van der Waals surface area (Å²) in [4.78, 5) is 10.8. The summed E-state index contributed by atoms with van der Waals surface area (Å²) in [5.41, 5.74) is 0. The van der Waals surface area contributed by atoms with E-state index in [-0.39, 0.29) is 11.9 Å². The Labute approximate surface area is 98.7 Å². The minimum Gasteiger partial charge on any atom is -0.380 e. The average Bonchev–Trinajstić information content (AvgIpc) is 2.21. The third-order valence-electron chi connectivity index (χ3n) is 2.17. The Hall–Kier alpha value is -0.450. The van der Waals surface area contributed by atoms with E-state index in [9.17, 15) is 4.79 Å². The smallest absolute Gasteiger partial charge is 0.158 e. The van der Waals surface area contributed by atoms with Crippen molar-refractivity contribution in [1.29, 1.82) is 0 Å². The third-order valence-corrected chi connectivity index (χ3v) is 2.17. The molecule has 0 spiro atoms. The SMILES string of the molecule is CC(=O)[C@H](C)OCCCOCCNC(C)C. The summed E-state index contributed by atoms with van der Waals surface area (Å²) in [5, 5.41) is 3.27. The molecule has 0 saturated heterocycles. The fraction of sp³-hybridized carbons (Fsp3) is 0.917. The van der Waals surface area contributed by atoms with Crippen molar-refractivity contribution in [3.05, 3.63) is 0 Å². The molecule has 0 rings (SSSR count). The van der Waals surface area contributed by atoms with E-state index in [1.165, 1.54) is 0 Å². The first-order valence-corrected chi connectivity index (χ1v) is 5.97. The normalized spacial score (nSPS) is 13.1. The average molecular weight is 231 g/mol. The first-order chi connectivity index (χ1) is 7.54. The second-order valence-electron chi connectivity index (χ2n) is 4.20. The van der Waals surface area contributed by atoms with Crippen molar-refractivity contribution in [3.8, 4) is 0 Å². The summed E-state index contributed by atoms with van der Waals surface area (Å²) < 4.78 is 10.7. The highest BCUT2D eigenvalue weighted by atomic mass is 16.5. The molecule has 0 unspecified atom stereocenters. The quantitative estimate of drug-likeness (QED) is 0.577. The zero-order chi connectivity index (χ0) is 12.4. The van der Waals surface area contributed by atoms with Crippen LogP contribution in [0.3, 0.4) is 0 Å². The molecule has 16 heavy (non-hydrogen) atoms. The topological polar surface area (TPSA) is 47.6 Å². The monoisotopic (exact) mass is 231 g/mol. The van der Waals surface area contributed by atoms with Gasteiger partial charge in [-0.3, -0.25) is 4.79 Å². The van der Waals surface area contributed by atoms with Gasteiger partial charge >= 0.3 is 0 Å². The number of rotatable bonds is 10. The Morgan fingerprint density at radius 1 is 1.19 bits per heavy atom. The molecule has 4 heteroatoms. The Balaban J connectivity index is 3.13. The van der Waals surface area contributed by atoms with Gasteiger partial charge in [0.05, 0.1) is 6.61 Å². The number of carbonyl (C=O) groups excluding carboxylic acids is 1. The molecular weight excluding hydrogens is 206 g/mol. The van der Waals surface area contributed by atoms with E-state index in [2.05, 4.69) is 19.2 Å². The predicted molar refractivity (Wildman–Crippen MR) is 64.7 cm³/mol. The summed E-state index contributed by atoms with van der Waals surface area (Å²) >= 11 is 0. The third kappa shape index (κ3) is 10.1. The lowest BCUT2D eigenvalue weighted by atomic mass is 10.3. The summed E-state index contributed by atoms with van der Waals surface area (Å²) in [6.45, 7) is 10.4. The number of hydrogen-bond acceptors (Lipinski definition) is 4. The van der Waals surface area contributed by atoms with E-state index in [1.807, 2.05) is 0 Å². The zero-order valence-corrected chi connectivity index (χ0v) is 10.9. The van der Waals surface area contributed by atoms with Gasteiger partial charge in [-0.25, -0.2) is 0 Å². The molecule has 0 fully saturated rings. The molecule has 0 aromatic heterocycles. The van der Waals surface area contributed by atoms with Crippen LogP contribution in [0.25, 0.3) is 0 Å². The van der Waals surface area contributed by atoms with Gasteiger partial charge in [-0.15, -0.1) is 0 Å². The van der Waals surface area contributed by atoms with E-state index in [4.69, 9.17) is 9.47 Å². The Kier molecular flexibility index (Phi) is 9.48. The lowest BCUT2D eigenvalue weighted by molar-refractivity contribution is -0.127. The molecule has 0 bridgehead atoms. The van der Waals surface area contributed by atoms with Gasteiger partial charge < -0.3 is 14.8 Å². The van der Waals surface area contributed by atoms with Crippen LogP contribution in [0.15, 0.2) is 0 Å². The number of ether oxygens (including phenoxy) is 2. The van der Waals surface area contributed by atoms with Crippen LogP contribution in [-0.2, 0) is 14.3 Å². The van der Waals surface area contributed by atoms with Crippen LogP contribution in [0.5, 0.6) is 0 Å². The maximum atomic E-state index is 10.8. The number of hydrogen-bond donors (Lipinski definition) is 1. The van der Waals surface area contributed by atoms with Crippen LogP contribution in [0, 0.1) is 0 Å². The summed E-state index contributed by atoms with van der Waals surface area (Å²) in [6, 6.07) is 0.503. The van der Waals surface area contributed by atoms with Gasteiger partial charge in [0.25, 0.3) is 0 Å². The number of Topliss-reactive ketones (excluding diaryl/α,β-unsaturated/α-hetero) is 1. The fourth-order valence-corrected chi connectivity index (χ4v) is 1.06. The van der Waals surface area contributed by atoms with Gasteiger partial charge in [-0.1, -0.05) is 13.8 Å². The molecule has 0 amide bonds. The molecule has 1 N–H and O–H groups in total. The number of nitrogens with one attached hydrogen (secondary N) is 1. The van der Waals surface area contributed by atoms with Gasteiger partial charge in [-0.05, 0) is 20.3 Å². The Bertz CT molecular complexity index is 183. The second-order valence-corrected chi connectivity index (χ2v) is 4.20. The van der Waals surface area contributed by atoms with E-state index in [1.54, 1.807) is 13.8 Å². The van der Waals surface area contributed by atoms with Gasteiger partial charge in [0.1, 0.15) is 6.10 Å². The van der Waals surface area contributed by atoms with Crippen LogP contribution in [0.4, 0.5) is 0 Å². The number of carbonyl (C=O) groups is 1. The first-order valence-electron chi connectivity index (χ1n) is 5.97. The van der Waals surface area contributed by atoms with Crippen molar-refractivity contribution in [2.75, 3.05) is 26.4 Å². The van der Waals surface area contributed by atoms with Gasteiger partial charge in [-0.2, -0.15) is 0 Å². The highest BCUT2D eigenvalue weighted by Gasteiger charge is 2.06. The van der Waals surface area contributed by atoms with Gasteiger partial charge in [0.15, 0.2) is 5.78 Å². The van der Waals surface area contributed by atoms with E-state index < -0.39 is 0 Å². The summed E-state index contributed by atoms with van der Waals surface area (Å²) in [5.74, 6) is 0.0713. The molecule has 0 aliphatic carbocycles. The lowest BCUT2D eigenvalue weighted by Gasteiger charge is -2.10. The molecule has 0 aliphatic rings. The van der Waals surface area contributed by atoms with Crippen LogP contribution in [-0.4, -0.2) is 44.3 Å². The summed E-state index contributed by atoms with van der Waals surface area (Å²) in [6.07, 6.45) is 0.543. The van der Waals surface area contributed by atoms with Crippen molar-refractivity contribution in [2.24, 2.45) is 0 Å². The maximum absolute atomic E-state index is 10.8. The molecule has 0 aromatic carbocycles. The first kappa shape index (κ1) is 15.6. The lowest BCUT2D eigenvalue weighted by Crippen LogP contribution is -2.27. The van der Waals surface area contributed by atoms with Crippen molar-refractivity contribution < 1.29 is 14.3 Å². The van der Waals surface area contributed by atoms with Crippen LogP contribution in [0.2, 0.25) is 0 Å². The molecule has 0 saturated carbocycles. The van der Waals surface area contributed by atoms with Crippen molar-refractivity contribution in [3.63, 3.8) is 0 Å². The van der Waals surface area contributed by atoms with E-state index in [0.717, 1.165) is 19.6 Å². The molecule has 0 radical (unpaired) electrons. The standard InChI is InChI=1S/C12H25NO3/c1-10(2)13-6-9-15-7-5-8-16-12(4)11(3)14/h10,12-13H,5-9H2,1-4H3/t12-/m0/s1. The maximum Gasteiger partial charge on any atom is 0.158 e. The molecule has 0 heterocycles. The Morgan fingerprint density at radius 3 is 2.44 bits per heavy atom. The minimum atomic E-state index is -0.289. The Morgan fingerprint density at radius 2 is 1.88 bits per heavy atom. The van der Waals surface area contributed by atoms with Gasteiger partial charge in [0, 0.05) is 25.8 Å². The number of ketones is 1. The van der Waals surface area contributed by atoms with Crippen molar-refractivity contribution >= 4 is 5.78 Å². The van der Waals surface area contributed by atoms with Crippen LogP contribution in [0.1, 0.15) is 34.1 Å². The van der Waals surface area contributed by atoms with Crippen LogP contribution >= 0.6 is 0 Å². The molecule has 0 aromatic rings. The molecule has 4 nitrogen and oxygen atoms in total. The van der Waals surface area contributed by atoms with E-state index >= 15 is 0 Å². The highest BCUT2D eigenvalue weighted by molar-refractivity contribution is 5.79. The second kappa shape index (κ2) is 9.75. The van der Waals surface area contributed by atoms with Crippen molar-refractivity contribution in [1.82, 2.24) is 5.32 Å². The molecule has 1 atom stereocenters. The fourth-order valence-electron chi connectivity index (χ4n) is 1.06. The largest absolute Gasteiger partial charge is 0.380 e. The zero-order valence-electron chi connectivity index (χ0n) is 10.9.